The fourth-order valence-corrected chi connectivity index (χ4v) is 2.23. The summed E-state index contributed by atoms with van der Waals surface area (Å²) in [4.78, 5) is 18.1. The summed E-state index contributed by atoms with van der Waals surface area (Å²) in [7, 11) is 1.72. The Balaban J connectivity index is 1.91. The van der Waals surface area contributed by atoms with Gasteiger partial charge in [-0.2, -0.15) is 0 Å². The van der Waals surface area contributed by atoms with Crippen LogP contribution in [0.3, 0.4) is 0 Å². The van der Waals surface area contributed by atoms with E-state index in [0.717, 1.165) is 44.8 Å². The lowest BCUT2D eigenvalue weighted by atomic mass is 9.98. The maximum absolute atomic E-state index is 12.1. The van der Waals surface area contributed by atoms with E-state index in [1.807, 2.05) is 11.8 Å². The monoisotopic (exact) mass is 252 g/mol. The number of piperidine rings is 1. The zero-order valence-corrected chi connectivity index (χ0v) is 11.0. The van der Waals surface area contributed by atoms with E-state index < -0.39 is 0 Å². The molecule has 1 N–H and O–H groups in total. The number of methoxy groups -OCH3 is 1. The highest BCUT2D eigenvalue weighted by molar-refractivity contribution is 5.90. The minimum Gasteiger partial charge on any atom is -0.384 e. The number of hydrogen-bond acceptors (Lipinski definition) is 4. The number of nitrogens with zero attached hydrogens (tertiary/aromatic N) is 3. The molecule has 6 nitrogen and oxygen atoms in total. The number of ether oxygens (including phenoxy) is 1. The van der Waals surface area contributed by atoms with Crippen molar-refractivity contribution in [1.82, 2.24) is 20.1 Å². The molecule has 1 fully saturated rings. The molecule has 0 aliphatic carbocycles. The van der Waals surface area contributed by atoms with Crippen LogP contribution in [0, 0.1) is 5.92 Å². The van der Waals surface area contributed by atoms with Crippen molar-refractivity contribution in [2.45, 2.75) is 26.2 Å². The lowest BCUT2D eigenvalue weighted by Gasteiger charge is -2.30. The van der Waals surface area contributed by atoms with E-state index in [1.165, 1.54) is 0 Å². The lowest BCUT2D eigenvalue weighted by Crippen LogP contribution is -2.39. The maximum atomic E-state index is 12.1. The Bertz CT molecular complexity index is 397. The van der Waals surface area contributed by atoms with Crippen LogP contribution >= 0.6 is 0 Å². The molecule has 0 radical (unpaired) electrons. The summed E-state index contributed by atoms with van der Waals surface area (Å²) >= 11 is 0. The van der Waals surface area contributed by atoms with Gasteiger partial charge in [0.1, 0.15) is 5.82 Å². The quantitative estimate of drug-likeness (QED) is 0.863. The van der Waals surface area contributed by atoms with Gasteiger partial charge in [-0.15, -0.1) is 5.10 Å². The minimum absolute atomic E-state index is 0.0678. The molecule has 0 spiro atoms. The average Bonchev–Trinajstić information content (AvgIpc) is 2.88. The van der Waals surface area contributed by atoms with Crippen molar-refractivity contribution >= 4 is 5.91 Å². The third-order valence-electron chi connectivity index (χ3n) is 3.36. The predicted molar refractivity (Wildman–Crippen MR) is 66.3 cm³/mol. The van der Waals surface area contributed by atoms with Crippen LogP contribution in [0.1, 0.15) is 36.2 Å². The number of rotatable bonds is 4. The van der Waals surface area contributed by atoms with Gasteiger partial charge in [-0.25, -0.2) is 4.98 Å². The zero-order valence-electron chi connectivity index (χ0n) is 11.0. The van der Waals surface area contributed by atoms with Gasteiger partial charge in [0.05, 0.1) is 0 Å². The van der Waals surface area contributed by atoms with E-state index in [1.54, 1.807) is 7.11 Å². The Kier molecular flexibility index (Phi) is 4.30. The topological polar surface area (TPSA) is 71.1 Å². The predicted octanol–water partition coefficient (Wildman–Crippen LogP) is 0.866. The summed E-state index contributed by atoms with van der Waals surface area (Å²) in [5.74, 6) is 1.55. The number of hydrogen-bond donors (Lipinski definition) is 1. The number of aryl methyl sites for hydroxylation is 1. The Morgan fingerprint density at radius 2 is 2.22 bits per heavy atom. The fraction of sp³-hybridized carbons (Fsp3) is 0.750. The molecule has 1 saturated heterocycles. The summed E-state index contributed by atoms with van der Waals surface area (Å²) in [6.45, 7) is 4.29. The van der Waals surface area contributed by atoms with E-state index in [0.29, 0.717) is 5.92 Å². The molecule has 0 unspecified atom stereocenters. The first-order chi connectivity index (χ1) is 8.74. The Morgan fingerprint density at radius 3 is 2.78 bits per heavy atom. The van der Waals surface area contributed by atoms with Gasteiger partial charge in [-0.3, -0.25) is 9.89 Å². The highest BCUT2D eigenvalue weighted by Crippen LogP contribution is 2.18. The first-order valence-electron chi connectivity index (χ1n) is 6.44. The molecule has 0 bridgehead atoms. The van der Waals surface area contributed by atoms with Crippen LogP contribution in [0.2, 0.25) is 0 Å². The molecule has 0 saturated carbocycles. The number of nitrogens with one attached hydrogen (secondary N) is 1. The van der Waals surface area contributed by atoms with Crippen LogP contribution in [0.15, 0.2) is 0 Å². The Labute approximate surface area is 107 Å². The summed E-state index contributed by atoms with van der Waals surface area (Å²) < 4.78 is 5.15. The third-order valence-corrected chi connectivity index (χ3v) is 3.36. The van der Waals surface area contributed by atoms with Gasteiger partial charge >= 0.3 is 0 Å². The number of aromatic nitrogens is 3. The highest BCUT2D eigenvalue weighted by Gasteiger charge is 2.25. The minimum atomic E-state index is -0.0678. The van der Waals surface area contributed by atoms with E-state index in [4.69, 9.17) is 4.74 Å². The molecular formula is C12H20N4O2. The van der Waals surface area contributed by atoms with E-state index >= 15 is 0 Å². The second-order valence-corrected chi connectivity index (χ2v) is 4.65. The fourth-order valence-electron chi connectivity index (χ4n) is 2.23. The number of H-pyrrole nitrogens is 1. The standard InChI is InChI=1S/C12H20N4O2/c1-3-10-13-11(15-14-10)12(17)16-6-4-9(5-7-16)8-18-2/h9H,3-8H2,1-2H3,(H,13,14,15). The largest absolute Gasteiger partial charge is 0.384 e. The molecule has 1 aromatic rings. The first-order valence-corrected chi connectivity index (χ1v) is 6.44. The molecule has 2 heterocycles. The summed E-state index contributed by atoms with van der Waals surface area (Å²) in [6, 6.07) is 0. The molecule has 6 heteroatoms. The SMILES string of the molecule is CCc1nc(C(=O)N2CCC(COC)CC2)n[nH]1. The highest BCUT2D eigenvalue weighted by atomic mass is 16.5. The van der Waals surface area contributed by atoms with Gasteiger partial charge in [0.2, 0.25) is 5.82 Å². The summed E-state index contributed by atoms with van der Waals surface area (Å²) in [5.41, 5.74) is 0. The number of amides is 1. The molecule has 18 heavy (non-hydrogen) atoms. The smallest absolute Gasteiger partial charge is 0.293 e. The Morgan fingerprint density at radius 1 is 1.50 bits per heavy atom. The summed E-state index contributed by atoms with van der Waals surface area (Å²) in [5, 5.41) is 6.74. The second-order valence-electron chi connectivity index (χ2n) is 4.65. The average molecular weight is 252 g/mol. The third kappa shape index (κ3) is 2.87. The van der Waals surface area contributed by atoms with Crippen molar-refractivity contribution in [3.05, 3.63) is 11.6 Å². The van der Waals surface area contributed by atoms with E-state index in [9.17, 15) is 4.79 Å². The number of carbonyl (C=O) groups is 1. The van der Waals surface area contributed by atoms with Crippen molar-refractivity contribution in [2.24, 2.45) is 5.92 Å². The zero-order chi connectivity index (χ0) is 13.0. The molecule has 1 aliphatic heterocycles. The van der Waals surface area contributed by atoms with Crippen LogP contribution in [-0.2, 0) is 11.2 Å². The van der Waals surface area contributed by atoms with Crippen molar-refractivity contribution in [2.75, 3.05) is 26.8 Å². The normalized spacial score (nSPS) is 17.1. The number of aromatic amines is 1. The van der Waals surface area contributed by atoms with Gasteiger partial charge in [0, 0.05) is 33.2 Å². The van der Waals surface area contributed by atoms with Crippen LogP contribution < -0.4 is 0 Å². The van der Waals surface area contributed by atoms with Crippen molar-refractivity contribution < 1.29 is 9.53 Å². The van der Waals surface area contributed by atoms with Gasteiger partial charge in [-0.05, 0) is 18.8 Å². The van der Waals surface area contributed by atoms with Gasteiger partial charge in [-0.1, -0.05) is 6.92 Å². The van der Waals surface area contributed by atoms with Crippen molar-refractivity contribution in [3.8, 4) is 0 Å². The Hall–Kier alpha value is -1.43. The van der Waals surface area contributed by atoms with Gasteiger partial charge in [0.15, 0.2) is 0 Å². The van der Waals surface area contributed by atoms with Crippen LogP contribution in [0.4, 0.5) is 0 Å². The van der Waals surface area contributed by atoms with Crippen LogP contribution in [-0.4, -0.2) is 52.8 Å². The molecule has 0 atom stereocenters. The van der Waals surface area contributed by atoms with Gasteiger partial charge < -0.3 is 9.64 Å². The molecule has 2 rings (SSSR count). The van der Waals surface area contributed by atoms with Crippen LogP contribution in [0.5, 0.6) is 0 Å². The molecular weight excluding hydrogens is 232 g/mol. The molecule has 1 aromatic heterocycles. The molecule has 100 valence electrons. The molecule has 1 aliphatic rings. The first kappa shape index (κ1) is 13.0. The lowest BCUT2D eigenvalue weighted by molar-refractivity contribution is 0.0603. The van der Waals surface area contributed by atoms with Crippen molar-refractivity contribution in [1.29, 1.82) is 0 Å². The van der Waals surface area contributed by atoms with Crippen molar-refractivity contribution in [3.63, 3.8) is 0 Å². The van der Waals surface area contributed by atoms with E-state index in [2.05, 4.69) is 15.2 Å². The maximum Gasteiger partial charge on any atom is 0.293 e. The van der Waals surface area contributed by atoms with Gasteiger partial charge in [0.25, 0.3) is 5.91 Å². The molecule has 0 aromatic carbocycles. The summed E-state index contributed by atoms with van der Waals surface area (Å²) in [6.07, 6.45) is 2.74. The van der Waals surface area contributed by atoms with E-state index in [-0.39, 0.29) is 11.7 Å². The second kappa shape index (κ2) is 5.95. The molecule has 1 amide bonds. The van der Waals surface area contributed by atoms with Crippen LogP contribution in [0.25, 0.3) is 0 Å². The number of carbonyl (C=O) groups excluding carboxylic acids is 1. The number of likely N-dealkylation sites (tertiary alicyclic amines) is 1.